The van der Waals surface area contributed by atoms with Crippen LogP contribution in [0.1, 0.15) is 23.7 Å². The Morgan fingerprint density at radius 3 is 2.61 bits per heavy atom. The molecule has 0 saturated carbocycles. The largest absolute Gasteiger partial charge is 0.497 e. The van der Waals surface area contributed by atoms with E-state index in [2.05, 4.69) is 4.98 Å². The van der Waals surface area contributed by atoms with E-state index in [0.29, 0.717) is 19.5 Å². The maximum atomic E-state index is 13.8. The van der Waals surface area contributed by atoms with Crippen molar-refractivity contribution in [2.24, 2.45) is 0 Å². The Hall–Kier alpha value is -3.48. The van der Waals surface area contributed by atoms with Gasteiger partial charge in [-0.05, 0) is 54.8 Å². The lowest BCUT2D eigenvalue weighted by Crippen LogP contribution is -2.66. The van der Waals surface area contributed by atoms with Crippen LogP contribution in [0.3, 0.4) is 0 Å². The Morgan fingerprint density at radius 2 is 1.84 bits per heavy atom. The Kier molecular flexibility index (Phi) is 4.43. The highest BCUT2D eigenvalue weighted by molar-refractivity contribution is 6.00. The number of amides is 2. The molecule has 0 unspecified atom stereocenters. The zero-order valence-electron chi connectivity index (χ0n) is 17.9. The maximum Gasteiger partial charge on any atom is 0.255 e. The van der Waals surface area contributed by atoms with Crippen molar-refractivity contribution in [1.29, 1.82) is 0 Å². The molecule has 2 amide bonds. The third-order valence-corrected chi connectivity index (χ3v) is 6.56. The van der Waals surface area contributed by atoms with Crippen LogP contribution in [0.4, 0.5) is 0 Å². The van der Waals surface area contributed by atoms with Crippen molar-refractivity contribution in [1.82, 2.24) is 14.8 Å². The molecule has 31 heavy (non-hydrogen) atoms. The van der Waals surface area contributed by atoms with Crippen molar-refractivity contribution in [3.05, 3.63) is 59.3 Å². The molecule has 1 N–H and O–H groups in total. The topological polar surface area (TPSA) is 74.9 Å². The van der Waals surface area contributed by atoms with Gasteiger partial charge in [0.15, 0.2) is 5.54 Å². The number of hydrogen-bond donors (Lipinski definition) is 1. The number of carbonyl (C=O) groups is 2. The highest BCUT2D eigenvalue weighted by Crippen LogP contribution is 2.42. The monoisotopic (exact) mass is 419 g/mol. The van der Waals surface area contributed by atoms with Crippen LogP contribution < -0.4 is 9.47 Å². The molecule has 5 rings (SSSR count). The van der Waals surface area contributed by atoms with Gasteiger partial charge in [-0.2, -0.15) is 0 Å². The molecule has 7 nitrogen and oxygen atoms in total. The number of carbonyl (C=O) groups excluding carboxylic acids is 2. The SMILES string of the molecule is COc1cccc(CN2CC(=O)N3CCc4c([nH]c5ccc(OC)cc45)[C@]3(C)C2=O)c1. The Bertz CT molecular complexity index is 1200. The Balaban J connectivity index is 1.57. The average Bonchev–Trinajstić information content (AvgIpc) is 3.16. The van der Waals surface area contributed by atoms with E-state index in [1.807, 2.05) is 49.4 Å². The van der Waals surface area contributed by atoms with Crippen LogP contribution in [-0.2, 0) is 28.1 Å². The molecule has 0 bridgehead atoms. The molecular formula is C24H25N3O4. The van der Waals surface area contributed by atoms with Crippen molar-refractivity contribution < 1.29 is 19.1 Å². The van der Waals surface area contributed by atoms with Gasteiger partial charge in [-0.15, -0.1) is 0 Å². The Morgan fingerprint density at radius 1 is 1.06 bits per heavy atom. The number of H-pyrrole nitrogens is 1. The molecule has 1 aromatic heterocycles. The molecule has 2 aliphatic heterocycles. The summed E-state index contributed by atoms with van der Waals surface area (Å²) in [7, 11) is 3.26. The number of nitrogens with one attached hydrogen (secondary N) is 1. The second kappa shape index (κ2) is 7.04. The van der Waals surface area contributed by atoms with Gasteiger partial charge in [-0.25, -0.2) is 0 Å². The average molecular weight is 419 g/mol. The quantitative estimate of drug-likeness (QED) is 0.706. The normalized spacial score (nSPS) is 20.6. The molecule has 0 radical (unpaired) electrons. The van der Waals surface area contributed by atoms with Gasteiger partial charge >= 0.3 is 0 Å². The van der Waals surface area contributed by atoms with Gasteiger partial charge in [-0.1, -0.05) is 12.1 Å². The van der Waals surface area contributed by atoms with Crippen molar-refractivity contribution in [3.8, 4) is 11.5 Å². The third kappa shape index (κ3) is 2.87. The summed E-state index contributed by atoms with van der Waals surface area (Å²) in [5.41, 5.74) is 2.69. The van der Waals surface area contributed by atoms with Crippen LogP contribution in [0.25, 0.3) is 10.9 Å². The first-order chi connectivity index (χ1) is 15.0. The fraction of sp³-hybridized carbons (Fsp3) is 0.333. The van der Waals surface area contributed by atoms with Gasteiger partial charge in [0, 0.05) is 24.0 Å². The van der Waals surface area contributed by atoms with E-state index in [-0.39, 0.29) is 18.4 Å². The van der Waals surface area contributed by atoms with Crippen LogP contribution in [0, 0.1) is 0 Å². The van der Waals surface area contributed by atoms with Gasteiger partial charge in [0.25, 0.3) is 5.91 Å². The van der Waals surface area contributed by atoms with E-state index in [1.165, 1.54) is 0 Å². The highest BCUT2D eigenvalue weighted by Gasteiger charge is 2.54. The number of nitrogens with zero attached hydrogens (tertiary/aromatic N) is 2. The van der Waals surface area contributed by atoms with Crippen LogP contribution in [0.15, 0.2) is 42.5 Å². The summed E-state index contributed by atoms with van der Waals surface area (Å²) in [5, 5.41) is 1.04. The van der Waals surface area contributed by atoms with Crippen LogP contribution >= 0.6 is 0 Å². The number of piperazine rings is 1. The molecule has 1 saturated heterocycles. The molecule has 7 heteroatoms. The zero-order chi connectivity index (χ0) is 21.8. The number of aromatic amines is 1. The van der Waals surface area contributed by atoms with Crippen molar-refractivity contribution in [2.75, 3.05) is 27.3 Å². The first-order valence-corrected chi connectivity index (χ1v) is 10.4. The zero-order valence-corrected chi connectivity index (χ0v) is 17.9. The van der Waals surface area contributed by atoms with E-state index in [4.69, 9.17) is 9.47 Å². The molecule has 160 valence electrons. The van der Waals surface area contributed by atoms with Gasteiger partial charge in [-0.3, -0.25) is 9.59 Å². The van der Waals surface area contributed by atoms with E-state index >= 15 is 0 Å². The predicted molar refractivity (Wildman–Crippen MR) is 116 cm³/mol. The fourth-order valence-corrected chi connectivity index (χ4v) is 4.95. The second-order valence-electron chi connectivity index (χ2n) is 8.27. The number of methoxy groups -OCH3 is 2. The lowest BCUT2D eigenvalue weighted by Gasteiger charge is -2.49. The van der Waals surface area contributed by atoms with E-state index in [1.54, 1.807) is 24.0 Å². The maximum absolute atomic E-state index is 13.8. The molecule has 3 heterocycles. The van der Waals surface area contributed by atoms with E-state index in [9.17, 15) is 9.59 Å². The highest BCUT2D eigenvalue weighted by atomic mass is 16.5. The summed E-state index contributed by atoms with van der Waals surface area (Å²) in [6.07, 6.45) is 0.701. The second-order valence-corrected chi connectivity index (χ2v) is 8.27. The van der Waals surface area contributed by atoms with Gasteiger partial charge in [0.05, 0.1) is 19.9 Å². The molecule has 2 aliphatic rings. The van der Waals surface area contributed by atoms with E-state index in [0.717, 1.165) is 39.2 Å². The van der Waals surface area contributed by atoms with E-state index < -0.39 is 5.54 Å². The molecule has 0 aliphatic carbocycles. The van der Waals surface area contributed by atoms with Crippen LogP contribution in [-0.4, -0.2) is 53.9 Å². The fourth-order valence-electron chi connectivity index (χ4n) is 4.95. The van der Waals surface area contributed by atoms with Gasteiger partial charge in [0.2, 0.25) is 5.91 Å². The first kappa shape index (κ1) is 19.5. The minimum atomic E-state index is -1.06. The molecule has 3 aromatic rings. The standard InChI is InChI=1S/C24H25N3O4/c1-24-22-18(19-12-17(31-3)7-8-20(19)25-22)9-10-27(24)21(28)14-26(23(24)29)13-15-5-4-6-16(11-15)30-2/h4-8,11-12,25H,9-10,13-14H2,1-3H3/t24-/m1/s1. The molecule has 1 atom stereocenters. The lowest BCUT2D eigenvalue weighted by atomic mass is 9.83. The molecule has 2 aromatic carbocycles. The van der Waals surface area contributed by atoms with Crippen LogP contribution in [0.5, 0.6) is 11.5 Å². The van der Waals surface area contributed by atoms with Gasteiger partial charge < -0.3 is 24.3 Å². The number of fused-ring (bicyclic) bond motifs is 5. The molecular weight excluding hydrogens is 394 g/mol. The summed E-state index contributed by atoms with van der Waals surface area (Å²) >= 11 is 0. The number of benzene rings is 2. The smallest absolute Gasteiger partial charge is 0.255 e. The summed E-state index contributed by atoms with van der Waals surface area (Å²) in [6, 6.07) is 13.4. The van der Waals surface area contributed by atoms with Crippen LogP contribution in [0.2, 0.25) is 0 Å². The number of aromatic nitrogens is 1. The molecule has 1 fully saturated rings. The summed E-state index contributed by atoms with van der Waals surface area (Å²) in [5.74, 6) is 1.39. The number of ether oxygens (including phenoxy) is 2. The van der Waals surface area contributed by atoms with Gasteiger partial charge in [0.1, 0.15) is 18.0 Å². The predicted octanol–water partition coefficient (Wildman–Crippen LogP) is 2.83. The van der Waals surface area contributed by atoms with Crippen molar-refractivity contribution in [2.45, 2.75) is 25.4 Å². The minimum Gasteiger partial charge on any atom is -0.497 e. The summed E-state index contributed by atoms with van der Waals surface area (Å²) < 4.78 is 10.7. The summed E-state index contributed by atoms with van der Waals surface area (Å²) in [6.45, 7) is 2.81. The minimum absolute atomic E-state index is 0.0353. The summed E-state index contributed by atoms with van der Waals surface area (Å²) in [4.78, 5) is 33.7. The van der Waals surface area contributed by atoms with Crippen molar-refractivity contribution >= 4 is 22.7 Å². The third-order valence-electron chi connectivity index (χ3n) is 6.56. The number of hydrogen-bond acceptors (Lipinski definition) is 4. The number of rotatable bonds is 4. The molecule has 0 spiro atoms. The van der Waals surface area contributed by atoms with Crippen molar-refractivity contribution in [3.63, 3.8) is 0 Å². The first-order valence-electron chi connectivity index (χ1n) is 10.4. The lowest BCUT2D eigenvalue weighted by molar-refractivity contribution is -0.166. The Labute approximate surface area is 180 Å².